The van der Waals surface area contributed by atoms with Crippen molar-refractivity contribution >= 4 is 0 Å². The summed E-state index contributed by atoms with van der Waals surface area (Å²) < 4.78 is 9.79. The van der Waals surface area contributed by atoms with Crippen molar-refractivity contribution in [3.8, 4) is 0 Å². The minimum absolute atomic E-state index is 0.167. The van der Waals surface area contributed by atoms with Gasteiger partial charge in [-0.2, -0.15) is 0 Å². The molecule has 1 aliphatic heterocycles. The second kappa shape index (κ2) is 4.66. The van der Waals surface area contributed by atoms with Gasteiger partial charge >= 0.3 is 0 Å². The second-order valence-corrected chi connectivity index (χ2v) is 2.69. The Labute approximate surface area is 66.5 Å². The Bertz CT molecular complexity index is 110. The van der Waals surface area contributed by atoms with Crippen molar-refractivity contribution < 1.29 is 14.6 Å². The Morgan fingerprint density at radius 2 is 2.45 bits per heavy atom. The van der Waals surface area contributed by atoms with Gasteiger partial charge in [0.25, 0.3) is 0 Å². The molecular formula is C7H14NO3. The van der Waals surface area contributed by atoms with Crippen LogP contribution in [0.25, 0.3) is 0 Å². The van der Waals surface area contributed by atoms with Crippen molar-refractivity contribution in [3.63, 3.8) is 0 Å². The van der Waals surface area contributed by atoms with E-state index in [1.807, 2.05) is 0 Å². The first-order valence-electron chi connectivity index (χ1n) is 3.74. The van der Waals surface area contributed by atoms with E-state index in [-0.39, 0.29) is 12.1 Å². The molecule has 1 heterocycles. The van der Waals surface area contributed by atoms with Gasteiger partial charge in [-0.05, 0) is 6.42 Å². The van der Waals surface area contributed by atoms with Crippen LogP contribution in [0.15, 0.2) is 0 Å². The molecule has 0 bridgehead atoms. The highest BCUT2D eigenvalue weighted by Crippen LogP contribution is 2.07. The van der Waals surface area contributed by atoms with Crippen molar-refractivity contribution in [2.45, 2.75) is 18.6 Å². The van der Waals surface area contributed by atoms with E-state index in [1.165, 1.54) is 0 Å². The predicted molar refractivity (Wildman–Crippen MR) is 39.2 cm³/mol. The van der Waals surface area contributed by atoms with Gasteiger partial charge in [0.05, 0.1) is 18.8 Å². The summed E-state index contributed by atoms with van der Waals surface area (Å²) in [7, 11) is 1.58. The lowest BCUT2D eigenvalue weighted by molar-refractivity contribution is -0.0373. The Morgan fingerprint density at radius 3 is 3.00 bits per heavy atom. The molecule has 2 atom stereocenters. The first-order chi connectivity index (χ1) is 5.33. The van der Waals surface area contributed by atoms with Crippen LogP contribution < -0.4 is 5.32 Å². The monoisotopic (exact) mass is 160 g/mol. The lowest BCUT2D eigenvalue weighted by Gasteiger charge is -2.07. The third-order valence-corrected chi connectivity index (χ3v) is 1.63. The standard InChI is InChI=1S/C7H14NO3/c1-10-5-11-4-6-2-7(9)3-8-6/h6-7,9H,2-5H2,1H3. The number of methoxy groups -OCH3 is 1. The molecule has 1 fully saturated rings. The molecule has 4 heteroatoms. The molecule has 11 heavy (non-hydrogen) atoms. The molecular weight excluding hydrogens is 146 g/mol. The van der Waals surface area contributed by atoms with Crippen molar-refractivity contribution in [1.82, 2.24) is 5.32 Å². The molecule has 0 spiro atoms. The summed E-state index contributed by atoms with van der Waals surface area (Å²) in [5.41, 5.74) is 0. The van der Waals surface area contributed by atoms with Crippen molar-refractivity contribution in [2.75, 3.05) is 27.1 Å². The Hall–Kier alpha value is -0.160. The summed E-state index contributed by atoms with van der Waals surface area (Å²) in [6, 6.07) is 0.167. The van der Waals surface area contributed by atoms with Gasteiger partial charge in [-0.3, -0.25) is 0 Å². The molecule has 0 aliphatic carbocycles. The van der Waals surface area contributed by atoms with Crippen LogP contribution in [0.1, 0.15) is 6.42 Å². The molecule has 65 valence electrons. The summed E-state index contributed by atoms with van der Waals surface area (Å²) >= 11 is 0. The van der Waals surface area contributed by atoms with E-state index in [2.05, 4.69) is 5.32 Å². The number of hydrogen-bond acceptors (Lipinski definition) is 3. The van der Waals surface area contributed by atoms with Crippen molar-refractivity contribution in [3.05, 3.63) is 0 Å². The second-order valence-electron chi connectivity index (χ2n) is 2.69. The van der Waals surface area contributed by atoms with Gasteiger partial charge in [0.15, 0.2) is 0 Å². The number of ether oxygens (including phenoxy) is 2. The van der Waals surface area contributed by atoms with Gasteiger partial charge in [0.2, 0.25) is 0 Å². The van der Waals surface area contributed by atoms with Crippen LogP contribution in [0.3, 0.4) is 0 Å². The fourth-order valence-corrected chi connectivity index (χ4v) is 1.12. The van der Waals surface area contributed by atoms with Crippen LogP contribution in [0.2, 0.25) is 0 Å². The lowest BCUT2D eigenvalue weighted by Crippen LogP contribution is -2.21. The molecule has 1 N–H and O–H groups in total. The third kappa shape index (κ3) is 3.16. The molecule has 0 aromatic rings. The van der Waals surface area contributed by atoms with E-state index >= 15 is 0 Å². The quantitative estimate of drug-likeness (QED) is 0.439. The van der Waals surface area contributed by atoms with E-state index in [4.69, 9.17) is 14.6 Å². The molecule has 1 rings (SSSR count). The number of hydrogen-bond donors (Lipinski definition) is 1. The van der Waals surface area contributed by atoms with Crippen molar-refractivity contribution in [2.24, 2.45) is 0 Å². The Kier molecular flexibility index (Phi) is 3.79. The number of nitrogens with zero attached hydrogens (tertiary/aromatic N) is 1. The van der Waals surface area contributed by atoms with Gasteiger partial charge < -0.3 is 14.6 Å². The van der Waals surface area contributed by atoms with Gasteiger partial charge in [0, 0.05) is 13.7 Å². The maximum absolute atomic E-state index is 9.08. The molecule has 2 unspecified atom stereocenters. The zero-order valence-electron chi connectivity index (χ0n) is 6.69. The molecule has 0 aromatic heterocycles. The van der Waals surface area contributed by atoms with Crippen LogP contribution >= 0.6 is 0 Å². The fourth-order valence-electron chi connectivity index (χ4n) is 1.12. The summed E-state index contributed by atoms with van der Waals surface area (Å²) in [5, 5.41) is 13.2. The molecule has 1 radical (unpaired) electrons. The minimum Gasteiger partial charge on any atom is -0.392 e. The highest BCUT2D eigenvalue weighted by atomic mass is 16.7. The SMILES string of the molecule is COCOCC1CC(O)C[N]1. The Morgan fingerprint density at radius 1 is 1.64 bits per heavy atom. The number of aliphatic hydroxyl groups excluding tert-OH is 1. The Balaban J connectivity index is 1.99. The first-order valence-corrected chi connectivity index (χ1v) is 3.74. The number of rotatable bonds is 4. The van der Waals surface area contributed by atoms with E-state index < -0.39 is 0 Å². The van der Waals surface area contributed by atoms with Gasteiger partial charge in [-0.25, -0.2) is 5.32 Å². The molecule has 1 aliphatic rings. The predicted octanol–water partition coefficient (Wildman–Crippen LogP) is -0.655. The third-order valence-electron chi connectivity index (χ3n) is 1.63. The number of aliphatic hydroxyl groups is 1. The van der Waals surface area contributed by atoms with Crippen LogP contribution in [0.4, 0.5) is 0 Å². The molecule has 0 amide bonds. The topological polar surface area (TPSA) is 52.8 Å². The lowest BCUT2D eigenvalue weighted by atomic mass is 10.2. The van der Waals surface area contributed by atoms with Crippen LogP contribution in [-0.4, -0.2) is 44.3 Å². The molecule has 0 saturated carbocycles. The zero-order chi connectivity index (χ0) is 8.10. The van der Waals surface area contributed by atoms with E-state index in [1.54, 1.807) is 7.11 Å². The van der Waals surface area contributed by atoms with E-state index in [9.17, 15) is 0 Å². The zero-order valence-corrected chi connectivity index (χ0v) is 6.69. The average molecular weight is 160 g/mol. The first kappa shape index (κ1) is 8.93. The molecule has 0 aromatic carbocycles. The average Bonchev–Trinajstić information content (AvgIpc) is 2.37. The summed E-state index contributed by atoms with van der Waals surface area (Å²) in [6.07, 6.45) is 0.468. The van der Waals surface area contributed by atoms with E-state index in [0.29, 0.717) is 19.9 Å². The van der Waals surface area contributed by atoms with Crippen LogP contribution in [0.5, 0.6) is 0 Å². The maximum Gasteiger partial charge on any atom is 0.146 e. The normalized spacial score (nSPS) is 31.1. The van der Waals surface area contributed by atoms with Crippen LogP contribution in [0, 0.1) is 0 Å². The molecule has 1 saturated heterocycles. The summed E-state index contributed by atoms with van der Waals surface area (Å²) in [4.78, 5) is 0. The largest absolute Gasteiger partial charge is 0.392 e. The highest BCUT2D eigenvalue weighted by Gasteiger charge is 2.23. The van der Waals surface area contributed by atoms with E-state index in [0.717, 1.165) is 6.42 Å². The smallest absolute Gasteiger partial charge is 0.146 e. The van der Waals surface area contributed by atoms with Gasteiger partial charge in [-0.15, -0.1) is 0 Å². The van der Waals surface area contributed by atoms with Crippen LogP contribution in [-0.2, 0) is 9.47 Å². The highest BCUT2D eigenvalue weighted by molar-refractivity contribution is 4.79. The summed E-state index contributed by atoms with van der Waals surface area (Å²) in [5.74, 6) is 0. The van der Waals surface area contributed by atoms with Crippen molar-refractivity contribution in [1.29, 1.82) is 0 Å². The minimum atomic E-state index is -0.258. The van der Waals surface area contributed by atoms with Gasteiger partial charge in [0.1, 0.15) is 6.79 Å². The van der Waals surface area contributed by atoms with Gasteiger partial charge in [-0.1, -0.05) is 0 Å². The summed E-state index contributed by atoms with van der Waals surface area (Å²) in [6.45, 7) is 1.42. The fraction of sp³-hybridized carbons (Fsp3) is 1.00. The molecule has 4 nitrogen and oxygen atoms in total. The maximum atomic E-state index is 9.08.